The molecule has 1 heteroatoms. The van der Waals surface area contributed by atoms with Gasteiger partial charge in [-0.1, -0.05) is 143 Å². The molecule has 1 nitrogen and oxygen atoms in total. The van der Waals surface area contributed by atoms with E-state index in [1.807, 2.05) is 0 Å². The van der Waals surface area contributed by atoms with Crippen molar-refractivity contribution in [3.05, 3.63) is 0 Å². The molecule has 0 fully saturated rings. The van der Waals surface area contributed by atoms with Gasteiger partial charge in [-0.3, -0.25) is 0 Å². The van der Waals surface area contributed by atoms with Gasteiger partial charge in [0, 0.05) is 0 Å². The molecular weight excluding hydrogens is 350 g/mol. The van der Waals surface area contributed by atoms with Crippen LogP contribution in [0.3, 0.4) is 0 Å². The molecule has 0 amide bonds. The molecule has 0 spiro atoms. The van der Waals surface area contributed by atoms with Crippen molar-refractivity contribution in [1.29, 1.82) is 0 Å². The van der Waals surface area contributed by atoms with Crippen molar-refractivity contribution in [3.8, 4) is 0 Å². The van der Waals surface area contributed by atoms with Crippen LogP contribution in [0.25, 0.3) is 0 Å². The fraction of sp³-hybridized carbons (Fsp3) is 1.00. The molecule has 0 N–H and O–H groups in total. The van der Waals surface area contributed by atoms with E-state index in [1.165, 1.54) is 161 Å². The Morgan fingerprint density at radius 3 is 0.724 bits per heavy atom. The molecular formula is C28H59N. The highest BCUT2D eigenvalue weighted by atomic mass is 15.1. The maximum Gasteiger partial charge on any atom is -0.00187 e. The lowest BCUT2D eigenvalue weighted by molar-refractivity contribution is 0.254. The predicted octanol–water partition coefficient (Wildman–Crippen LogP) is 9.93. The van der Waals surface area contributed by atoms with Crippen LogP contribution in [0.1, 0.15) is 162 Å². The Bertz CT molecular complexity index is 255. The molecule has 0 unspecified atom stereocenters. The summed E-state index contributed by atoms with van der Waals surface area (Å²) in [6.45, 7) is 11.0. The Morgan fingerprint density at radius 2 is 0.483 bits per heavy atom. The second-order valence-electron chi connectivity index (χ2n) is 9.56. The van der Waals surface area contributed by atoms with Crippen molar-refractivity contribution >= 4 is 0 Å². The van der Waals surface area contributed by atoms with Gasteiger partial charge < -0.3 is 4.90 Å². The van der Waals surface area contributed by atoms with Crippen LogP contribution in [0.5, 0.6) is 0 Å². The zero-order valence-electron chi connectivity index (χ0n) is 21.1. The van der Waals surface area contributed by atoms with Crippen LogP contribution < -0.4 is 0 Å². The molecule has 0 aliphatic carbocycles. The van der Waals surface area contributed by atoms with Gasteiger partial charge in [-0.2, -0.15) is 0 Å². The first-order valence-corrected chi connectivity index (χ1v) is 14.1. The highest BCUT2D eigenvalue weighted by Crippen LogP contribution is 2.12. The molecule has 0 bridgehead atoms. The predicted molar refractivity (Wildman–Crippen MR) is 135 cm³/mol. The first-order valence-electron chi connectivity index (χ1n) is 14.1. The Morgan fingerprint density at radius 1 is 0.276 bits per heavy atom. The summed E-state index contributed by atoms with van der Waals surface area (Å²) >= 11 is 0. The molecule has 176 valence electrons. The second-order valence-corrected chi connectivity index (χ2v) is 9.56. The lowest BCUT2D eigenvalue weighted by atomic mass is 10.1. The van der Waals surface area contributed by atoms with Gasteiger partial charge in [0.1, 0.15) is 0 Å². The van der Waals surface area contributed by atoms with Crippen molar-refractivity contribution in [2.75, 3.05) is 19.6 Å². The van der Waals surface area contributed by atoms with Gasteiger partial charge >= 0.3 is 0 Å². The van der Waals surface area contributed by atoms with Gasteiger partial charge in [-0.25, -0.2) is 0 Å². The lowest BCUT2D eigenvalue weighted by Crippen LogP contribution is -2.27. The number of rotatable bonds is 25. The van der Waals surface area contributed by atoms with E-state index in [2.05, 4.69) is 25.7 Å². The minimum absolute atomic E-state index is 1.36. The smallest absolute Gasteiger partial charge is 0.00187 e. The third-order valence-electron chi connectivity index (χ3n) is 6.48. The standard InChI is InChI=1S/C28H59N/c1-4-7-10-13-16-18-21-24-27-29(26-23-20-15-12-9-6-3)28-25-22-19-17-14-11-8-5-2/h4-28H2,1-3H3. The van der Waals surface area contributed by atoms with E-state index in [0.717, 1.165) is 0 Å². The van der Waals surface area contributed by atoms with Crippen LogP contribution >= 0.6 is 0 Å². The van der Waals surface area contributed by atoms with Gasteiger partial charge in [0.25, 0.3) is 0 Å². The van der Waals surface area contributed by atoms with Crippen LogP contribution in [-0.4, -0.2) is 24.5 Å². The van der Waals surface area contributed by atoms with Crippen molar-refractivity contribution < 1.29 is 0 Å². The molecule has 0 aliphatic rings. The summed E-state index contributed by atoms with van der Waals surface area (Å²) in [5, 5.41) is 0. The van der Waals surface area contributed by atoms with Crippen LogP contribution in [0, 0.1) is 0 Å². The van der Waals surface area contributed by atoms with E-state index >= 15 is 0 Å². The Balaban J connectivity index is 3.79. The summed E-state index contributed by atoms with van der Waals surface area (Å²) in [6.07, 6.45) is 31.7. The Kier molecular flexibility index (Phi) is 26.0. The number of hydrogen-bond donors (Lipinski definition) is 0. The van der Waals surface area contributed by atoms with Crippen molar-refractivity contribution in [2.45, 2.75) is 162 Å². The molecule has 0 atom stereocenters. The van der Waals surface area contributed by atoms with E-state index in [1.54, 1.807) is 0 Å². The first kappa shape index (κ1) is 29.0. The second kappa shape index (κ2) is 26.0. The minimum Gasteiger partial charge on any atom is -0.303 e. The maximum absolute atomic E-state index is 2.81. The van der Waals surface area contributed by atoms with Gasteiger partial charge in [-0.15, -0.1) is 0 Å². The average Bonchev–Trinajstić information content (AvgIpc) is 2.73. The van der Waals surface area contributed by atoms with Crippen LogP contribution in [0.4, 0.5) is 0 Å². The lowest BCUT2D eigenvalue weighted by Gasteiger charge is -2.22. The van der Waals surface area contributed by atoms with Gasteiger partial charge in [0.05, 0.1) is 0 Å². The summed E-state index contributed by atoms with van der Waals surface area (Å²) in [5.74, 6) is 0. The summed E-state index contributed by atoms with van der Waals surface area (Å²) < 4.78 is 0. The van der Waals surface area contributed by atoms with E-state index < -0.39 is 0 Å². The largest absolute Gasteiger partial charge is 0.303 e. The summed E-state index contributed by atoms with van der Waals surface area (Å²) in [7, 11) is 0. The normalized spacial score (nSPS) is 11.6. The number of nitrogens with zero attached hydrogens (tertiary/aromatic N) is 1. The molecule has 29 heavy (non-hydrogen) atoms. The topological polar surface area (TPSA) is 3.24 Å². The molecule has 0 aromatic heterocycles. The number of unbranched alkanes of at least 4 members (excludes halogenated alkanes) is 19. The highest BCUT2D eigenvalue weighted by molar-refractivity contribution is 4.60. The Hall–Kier alpha value is -0.0400. The summed E-state index contributed by atoms with van der Waals surface area (Å²) in [5.41, 5.74) is 0. The molecule has 0 saturated carbocycles. The molecule has 0 heterocycles. The van der Waals surface area contributed by atoms with Gasteiger partial charge in [0.15, 0.2) is 0 Å². The van der Waals surface area contributed by atoms with Crippen molar-refractivity contribution in [2.24, 2.45) is 0 Å². The van der Waals surface area contributed by atoms with Crippen molar-refractivity contribution in [1.82, 2.24) is 4.90 Å². The summed E-state index contributed by atoms with van der Waals surface area (Å²) in [6, 6.07) is 0. The van der Waals surface area contributed by atoms with Gasteiger partial charge in [0.2, 0.25) is 0 Å². The zero-order chi connectivity index (χ0) is 21.3. The van der Waals surface area contributed by atoms with E-state index in [4.69, 9.17) is 0 Å². The third-order valence-corrected chi connectivity index (χ3v) is 6.48. The molecule has 0 rings (SSSR count). The van der Waals surface area contributed by atoms with Crippen molar-refractivity contribution in [3.63, 3.8) is 0 Å². The fourth-order valence-corrected chi connectivity index (χ4v) is 4.39. The highest BCUT2D eigenvalue weighted by Gasteiger charge is 2.05. The first-order chi connectivity index (χ1) is 14.3. The van der Waals surface area contributed by atoms with Crippen LogP contribution in [0.15, 0.2) is 0 Å². The van der Waals surface area contributed by atoms with E-state index in [9.17, 15) is 0 Å². The fourth-order valence-electron chi connectivity index (χ4n) is 4.39. The molecule has 0 aromatic carbocycles. The van der Waals surface area contributed by atoms with Crippen LogP contribution in [-0.2, 0) is 0 Å². The third kappa shape index (κ3) is 24.1. The molecule has 0 aromatic rings. The van der Waals surface area contributed by atoms with E-state index in [-0.39, 0.29) is 0 Å². The quantitative estimate of drug-likeness (QED) is 0.136. The maximum atomic E-state index is 2.81. The zero-order valence-corrected chi connectivity index (χ0v) is 21.1. The monoisotopic (exact) mass is 409 g/mol. The molecule has 0 saturated heterocycles. The molecule has 0 aliphatic heterocycles. The molecule has 0 radical (unpaired) electrons. The Labute approximate surface area is 186 Å². The average molecular weight is 410 g/mol. The summed E-state index contributed by atoms with van der Waals surface area (Å²) in [4.78, 5) is 2.81. The number of hydrogen-bond acceptors (Lipinski definition) is 1. The SMILES string of the molecule is CCCCCCCCCCN(CCCCCCCC)CCCCCCCCCC. The van der Waals surface area contributed by atoms with Crippen LogP contribution in [0.2, 0.25) is 0 Å². The van der Waals surface area contributed by atoms with Gasteiger partial charge in [-0.05, 0) is 38.9 Å². The van der Waals surface area contributed by atoms with E-state index in [0.29, 0.717) is 0 Å². The minimum atomic E-state index is 1.36.